The summed E-state index contributed by atoms with van der Waals surface area (Å²) in [5, 5.41) is 19.6. The Hall–Kier alpha value is -1.69. The van der Waals surface area contributed by atoms with Crippen LogP contribution in [0.2, 0.25) is 0 Å². The number of hydrogen-bond donors (Lipinski definition) is 2. The molecule has 18 heavy (non-hydrogen) atoms. The molecule has 0 spiro atoms. The molecule has 1 aliphatic rings. The van der Waals surface area contributed by atoms with Crippen molar-refractivity contribution < 1.29 is 9.90 Å². The van der Waals surface area contributed by atoms with Gasteiger partial charge in [-0.25, -0.2) is 4.79 Å². The van der Waals surface area contributed by atoms with E-state index in [-0.39, 0.29) is 18.7 Å². The quantitative estimate of drug-likeness (QED) is 0.824. The third kappa shape index (κ3) is 2.76. The summed E-state index contributed by atoms with van der Waals surface area (Å²) in [4.78, 5) is 13.8. The topological polar surface area (TPSA) is 78.4 Å². The molecule has 1 aliphatic heterocycles. The number of anilines is 1. The van der Waals surface area contributed by atoms with E-state index in [1.807, 2.05) is 0 Å². The van der Waals surface area contributed by atoms with Crippen molar-refractivity contribution in [2.24, 2.45) is 5.92 Å². The number of likely N-dealkylation sites (tertiary alicyclic amines) is 1. The highest BCUT2D eigenvalue weighted by Crippen LogP contribution is 2.23. The molecule has 2 atom stereocenters. The van der Waals surface area contributed by atoms with Crippen molar-refractivity contribution in [1.29, 1.82) is 0 Å². The first-order valence-electron chi connectivity index (χ1n) is 6.18. The van der Waals surface area contributed by atoms with E-state index < -0.39 is 0 Å². The summed E-state index contributed by atoms with van der Waals surface area (Å²) >= 11 is 0. The minimum absolute atomic E-state index is 0.00491. The number of aliphatic hydroxyl groups is 1. The van der Waals surface area contributed by atoms with E-state index in [1.165, 1.54) is 0 Å². The molecule has 1 fully saturated rings. The monoisotopic (exact) mass is 250 g/mol. The van der Waals surface area contributed by atoms with Crippen LogP contribution in [0.1, 0.15) is 19.8 Å². The van der Waals surface area contributed by atoms with Crippen molar-refractivity contribution >= 4 is 11.8 Å². The van der Waals surface area contributed by atoms with Gasteiger partial charge in [0, 0.05) is 12.7 Å². The highest BCUT2D eigenvalue weighted by atomic mass is 16.3. The van der Waals surface area contributed by atoms with Crippen LogP contribution in [0, 0.1) is 5.92 Å². The first-order valence-corrected chi connectivity index (χ1v) is 6.18. The molecule has 0 bridgehead atoms. The third-order valence-corrected chi connectivity index (χ3v) is 3.37. The first kappa shape index (κ1) is 12.8. The van der Waals surface area contributed by atoms with Gasteiger partial charge < -0.3 is 10.0 Å². The number of rotatable bonds is 2. The third-order valence-electron chi connectivity index (χ3n) is 3.37. The molecule has 0 aliphatic carbocycles. The zero-order valence-corrected chi connectivity index (χ0v) is 10.4. The maximum absolute atomic E-state index is 12.1. The molecule has 6 heteroatoms. The van der Waals surface area contributed by atoms with E-state index in [0.29, 0.717) is 18.3 Å². The Morgan fingerprint density at radius 3 is 3.17 bits per heavy atom. The minimum Gasteiger partial charge on any atom is -0.394 e. The summed E-state index contributed by atoms with van der Waals surface area (Å²) in [7, 11) is 0. The average Bonchev–Trinajstić information content (AvgIpc) is 2.39. The molecule has 1 aromatic rings. The number of amides is 2. The second-order valence-electron chi connectivity index (χ2n) is 4.60. The lowest BCUT2D eigenvalue weighted by molar-refractivity contribution is 0.0811. The molecule has 0 radical (unpaired) electrons. The van der Waals surface area contributed by atoms with Gasteiger partial charge in [-0.1, -0.05) is 6.92 Å². The van der Waals surface area contributed by atoms with Crippen molar-refractivity contribution in [2.75, 3.05) is 18.5 Å². The second kappa shape index (κ2) is 5.77. The van der Waals surface area contributed by atoms with Crippen molar-refractivity contribution in [3.63, 3.8) is 0 Å². The Morgan fingerprint density at radius 1 is 1.67 bits per heavy atom. The number of nitrogens with one attached hydrogen (secondary N) is 1. The number of hydrogen-bond acceptors (Lipinski definition) is 4. The largest absolute Gasteiger partial charge is 0.394 e. The van der Waals surface area contributed by atoms with E-state index in [9.17, 15) is 9.90 Å². The predicted octanol–water partition coefficient (Wildman–Crippen LogP) is 1.10. The second-order valence-corrected chi connectivity index (χ2v) is 4.60. The molecule has 6 nitrogen and oxygen atoms in total. The number of piperidine rings is 1. The molecular weight excluding hydrogens is 232 g/mol. The molecular formula is C12H18N4O2. The van der Waals surface area contributed by atoms with Crippen LogP contribution < -0.4 is 5.32 Å². The number of aliphatic hydroxyl groups excluding tert-OH is 1. The molecule has 2 unspecified atom stereocenters. The van der Waals surface area contributed by atoms with Crippen LogP contribution >= 0.6 is 0 Å². The number of nitrogens with zero attached hydrogens (tertiary/aromatic N) is 3. The molecule has 2 heterocycles. The van der Waals surface area contributed by atoms with Crippen LogP contribution in [0.3, 0.4) is 0 Å². The predicted molar refractivity (Wildman–Crippen MR) is 67.0 cm³/mol. The van der Waals surface area contributed by atoms with E-state index in [0.717, 1.165) is 12.8 Å². The van der Waals surface area contributed by atoms with Crippen LogP contribution in [-0.4, -0.2) is 45.4 Å². The molecule has 0 aromatic carbocycles. The lowest BCUT2D eigenvalue weighted by Gasteiger charge is -2.38. The van der Waals surface area contributed by atoms with Crippen LogP contribution in [0.5, 0.6) is 0 Å². The van der Waals surface area contributed by atoms with Crippen molar-refractivity contribution in [3.05, 3.63) is 18.3 Å². The summed E-state index contributed by atoms with van der Waals surface area (Å²) < 4.78 is 0. The molecule has 2 rings (SSSR count). The number of carbonyl (C=O) groups excluding carboxylic acids is 1. The highest BCUT2D eigenvalue weighted by molar-refractivity contribution is 5.88. The maximum atomic E-state index is 12.1. The van der Waals surface area contributed by atoms with E-state index in [2.05, 4.69) is 22.4 Å². The Kier molecular flexibility index (Phi) is 4.09. The van der Waals surface area contributed by atoms with E-state index in [1.54, 1.807) is 23.2 Å². The van der Waals surface area contributed by atoms with Gasteiger partial charge in [0.15, 0.2) is 5.82 Å². The van der Waals surface area contributed by atoms with Gasteiger partial charge in [0.05, 0.1) is 12.6 Å². The van der Waals surface area contributed by atoms with Crippen LogP contribution in [0.25, 0.3) is 0 Å². The van der Waals surface area contributed by atoms with Gasteiger partial charge in [-0.2, -0.15) is 5.10 Å². The lowest BCUT2D eigenvalue weighted by Crippen LogP contribution is -2.51. The zero-order chi connectivity index (χ0) is 13.0. The van der Waals surface area contributed by atoms with Crippen LogP contribution in [0.15, 0.2) is 18.3 Å². The molecule has 2 amide bonds. The van der Waals surface area contributed by atoms with Crippen LogP contribution in [0.4, 0.5) is 10.6 Å². The summed E-state index contributed by atoms with van der Waals surface area (Å²) in [6.07, 6.45) is 3.56. The fraction of sp³-hybridized carbons (Fsp3) is 0.583. The summed E-state index contributed by atoms with van der Waals surface area (Å²) in [6, 6.07) is 3.06. The number of aromatic nitrogens is 2. The Bertz CT molecular complexity index is 398. The van der Waals surface area contributed by atoms with Crippen LogP contribution in [-0.2, 0) is 0 Å². The van der Waals surface area contributed by atoms with Gasteiger partial charge in [0.25, 0.3) is 0 Å². The first-order chi connectivity index (χ1) is 8.72. The molecule has 98 valence electrons. The Balaban J connectivity index is 2.03. The van der Waals surface area contributed by atoms with E-state index >= 15 is 0 Å². The van der Waals surface area contributed by atoms with Gasteiger partial charge in [0.2, 0.25) is 0 Å². The van der Waals surface area contributed by atoms with Gasteiger partial charge in [0.1, 0.15) is 0 Å². The van der Waals surface area contributed by atoms with E-state index in [4.69, 9.17) is 0 Å². The summed E-state index contributed by atoms with van der Waals surface area (Å²) in [6.45, 7) is 2.72. The number of urea groups is 1. The fourth-order valence-corrected chi connectivity index (χ4v) is 2.33. The van der Waals surface area contributed by atoms with Gasteiger partial charge in [-0.05, 0) is 30.9 Å². The fourth-order valence-electron chi connectivity index (χ4n) is 2.33. The molecule has 1 aromatic heterocycles. The van der Waals surface area contributed by atoms with Gasteiger partial charge >= 0.3 is 6.03 Å². The Morgan fingerprint density at radius 2 is 2.50 bits per heavy atom. The molecule has 0 saturated carbocycles. The molecule has 1 saturated heterocycles. The molecule has 2 N–H and O–H groups in total. The summed E-state index contributed by atoms with van der Waals surface area (Å²) in [5.74, 6) is 0.744. The smallest absolute Gasteiger partial charge is 0.323 e. The van der Waals surface area contributed by atoms with Gasteiger partial charge in [-0.3, -0.25) is 5.32 Å². The average molecular weight is 250 g/mol. The zero-order valence-electron chi connectivity index (χ0n) is 10.4. The highest BCUT2D eigenvalue weighted by Gasteiger charge is 2.31. The lowest BCUT2D eigenvalue weighted by atomic mass is 9.91. The summed E-state index contributed by atoms with van der Waals surface area (Å²) in [5.41, 5.74) is 0. The standard InChI is InChI=1S/C12H18N4O2/c1-9-4-3-7-16(10(9)8-17)12(18)14-11-5-2-6-13-15-11/h2,5-6,9-10,17H,3-4,7-8H2,1H3,(H,14,15,18). The SMILES string of the molecule is CC1CCCN(C(=O)Nc2cccnn2)C1CO. The minimum atomic E-state index is -0.221. The van der Waals surface area contributed by atoms with Crippen molar-refractivity contribution in [3.8, 4) is 0 Å². The van der Waals surface area contributed by atoms with Crippen molar-refractivity contribution in [1.82, 2.24) is 15.1 Å². The normalized spacial score (nSPS) is 23.8. The maximum Gasteiger partial charge on any atom is 0.323 e. The number of carbonyl (C=O) groups is 1. The van der Waals surface area contributed by atoms with Gasteiger partial charge in [-0.15, -0.1) is 5.10 Å². The van der Waals surface area contributed by atoms with Crippen molar-refractivity contribution in [2.45, 2.75) is 25.8 Å². The Labute approximate surface area is 106 Å².